The zero-order valence-corrected chi connectivity index (χ0v) is 9.29. The normalized spacial score (nSPS) is 29.4. The Labute approximate surface area is 102 Å². The topological polar surface area (TPSA) is 101 Å². The first kappa shape index (κ1) is 10.9. The molecule has 2 atom stereocenters. The summed E-state index contributed by atoms with van der Waals surface area (Å²) in [5.41, 5.74) is 4.75. The van der Waals surface area contributed by atoms with Gasteiger partial charge in [0.25, 0.3) is 11.8 Å². The summed E-state index contributed by atoms with van der Waals surface area (Å²) in [5.74, 6) is -2.12. The summed E-state index contributed by atoms with van der Waals surface area (Å²) < 4.78 is 0. The van der Waals surface area contributed by atoms with Crippen molar-refractivity contribution in [2.24, 2.45) is 5.73 Å². The Bertz CT molecular complexity index is 562. The Kier molecular flexibility index (Phi) is 1.92. The van der Waals surface area contributed by atoms with Gasteiger partial charge in [0.1, 0.15) is 5.54 Å². The van der Waals surface area contributed by atoms with E-state index in [1.165, 1.54) is 0 Å². The van der Waals surface area contributed by atoms with Crippen LogP contribution in [0.1, 0.15) is 27.1 Å². The lowest BCUT2D eigenvalue weighted by molar-refractivity contribution is -0.140. The molecule has 0 bridgehead atoms. The second-order valence-corrected chi connectivity index (χ2v) is 4.59. The SMILES string of the molecule is NC1(C(=O)O)CC1N1C(=O)c2ccccc2C1=O. The smallest absolute Gasteiger partial charge is 0.325 e. The maximum atomic E-state index is 12.1. The summed E-state index contributed by atoms with van der Waals surface area (Å²) in [6.07, 6.45) is 0.105. The van der Waals surface area contributed by atoms with E-state index in [2.05, 4.69) is 0 Å². The van der Waals surface area contributed by atoms with Crippen LogP contribution in [0.25, 0.3) is 0 Å². The van der Waals surface area contributed by atoms with Crippen molar-refractivity contribution in [1.29, 1.82) is 0 Å². The minimum Gasteiger partial charge on any atom is -0.480 e. The molecule has 1 aromatic carbocycles. The van der Waals surface area contributed by atoms with E-state index in [1.54, 1.807) is 24.3 Å². The Balaban J connectivity index is 1.98. The average Bonchev–Trinajstić information content (AvgIpc) is 2.96. The minimum atomic E-state index is -1.49. The molecule has 1 aliphatic carbocycles. The van der Waals surface area contributed by atoms with E-state index in [9.17, 15) is 14.4 Å². The molecular formula is C12H10N2O4. The molecule has 0 aromatic heterocycles. The molecule has 3 rings (SSSR count). The van der Waals surface area contributed by atoms with Crippen LogP contribution in [0.15, 0.2) is 24.3 Å². The van der Waals surface area contributed by atoms with Gasteiger partial charge in [-0.2, -0.15) is 0 Å². The molecule has 2 aliphatic rings. The largest absolute Gasteiger partial charge is 0.480 e. The highest BCUT2D eigenvalue weighted by Crippen LogP contribution is 2.42. The molecule has 6 nitrogen and oxygen atoms in total. The van der Waals surface area contributed by atoms with Crippen LogP contribution in [-0.4, -0.2) is 39.4 Å². The predicted molar refractivity (Wildman–Crippen MR) is 59.9 cm³/mol. The first-order valence-corrected chi connectivity index (χ1v) is 5.46. The fourth-order valence-corrected chi connectivity index (χ4v) is 2.30. The lowest BCUT2D eigenvalue weighted by Crippen LogP contribution is -2.45. The van der Waals surface area contributed by atoms with Gasteiger partial charge in [-0.1, -0.05) is 12.1 Å². The quantitative estimate of drug-likeness (QED) is 0.706. The van der Waals surface area contributed by atoms with Crippen LogP contribution in [0.4, 0.5) is 0 Å². The van der Waals surface area contributed by atoms with Gasteiger partial charge in [-0.15, -0.1) is 0 Å². The van der Waals surface area contributed by atoms with E-state index in [0.717, 1.165) is 4.90 Å². The number of rotatable bonds is 2. The average molecular weight is 246 g/mol. The maximum Gasteiger partial charge on any atom is 0.325 e. The first-order valence-electron chi connectivity index (χ1n) is 5.46. The van der Waals surface area contributed by atoms with Gasteiger partial charge in [0.15, 0.2) is 0 Å². The number of carbonyl (C=O) groups is 3. The number of carbonyl (C=O) groups excluding carboxylic acids is 2. The van der Waals surface area contributed by atoms with Crippen LogP contribution < -0.4 is 5.73 Å². The van der Waals surface area contributed by atoms with Crippen LogP contribution >= 0.6 is 0 Å². The summed E-state index contributed by atoms with van der Waals surface area (Å²) in [4.78, 5) is 36.0. The zero-order valence-electron chi connectivity index (χ0n) is 9.29. The molecule has 18 heavy (non-hydrogen) atoms. The van der Waals surface area contributed by atoms with Crippen molar-refractivity contribution >= 4 is 17.8 Å². The first-order chi connectivity index (χ1) is 8.47. The fraction of sp³-hybridized carbons (Fsp3) is 0.250. The number of hydrogen-bond donors (Lipinski definition) is 2. The number of aliphatic carboxylic acids is 1. The van der Waals surface area contributed by atoms with Crippen molar-refractivity contribution < 1.29 is 19.5 Å². The summed E-state index contributed by atoms with van der Waals surface area (Å²) >= 11 is 0. The molecule has 0 saturated heterocycles. The van der Waals surface area contributed by atoms with Crippen LogP contribution in [0.5, 0.6) is 0 Å². The summed E-state index contributed by atoms with van der Waals surface area (Å²) in [6, 6.07) is 5.68. The lowest BCUT2D eigenvalue weighted by Gasteiger charge is -2.15. The Morgan fingerprint density at radius 2 is 1.78 bits per heavy atom. The third-order valence-electron chi connectivity index (χ3n) is 3.50. The molecule has 92 valence electrons. The van der Waals surface area contributed by atoms with Gasteiger partial charge in [0.05, 0.1) is 17.2 Å². The van der Waals surface area contributed by atoms with Crippen molar-refractivity contribution in [1.82, 2.24) is 4.90 Å². The number of carboxylic acids is 1. The molecule has 1 aromatic rings. The Morgan fingerprint density at radius 1 is 1.28 bits per heavy atom. The van der Waals surface area contributed by atoms with Crippen LogP contribution in [0.3, 0.4) is 0 Å². The second-order valence-electron chi connectivity index (χ2n) is 4.59. The van der Waals surface area contributed by atoms with Gasteiger partial charge < -0.3 is 10.8 Å². The van der Waals surface area contributed by atoms with E-state index in [-0.39, 0.29) is 6.42 Å². The number of carboxylic acid groups (broad SMARTS) is 1. The number of nitrogens with zero attached hydrogens (tertiary/aromatic N) is 1. The van der Waals surface area contributed by atoms with Gasteiger partial charge in [0.2, 0.25) is 0 Å². The summed E-state index contributed by atoms with van der Waals surface area (Å²) in [6.45, 7) is 0. The second kappa shape index (κ2) is 3.17. The zero-order chi connectivity index (χ0) is 13.1. The Morgan fingerprint density at radius 3 is 2.17 bits per heavy atom. The number of imide groups is 1. The standard InChI is InChI=1S/C12H10N2O4/c13-12(11(17)18)5-8(12)14-9(15)6-3-1-2-4-7(6)10(14)16/h1-4,8H,5,13H2,(H,17,18). The number of fused-ring (bicyclic) bond motifs is 1. The molecule has 6 heteroatoms. The summed E-state index contributed by atoms with van der Waals surface area (Å²) in [7, 11) is 0. The van der Waals surface area contributed by atoms with E-state index >= 15 is 0 Å². The van der Waals surface area contributed by atoms with Crippen molar-refractivity contribution in [3.8, 4) is 0 Å². The van der Waals surface area contributed by atoms with Gasteiger partial charge in [-0.25, -0.2) is 0 Å². The molecule has 2 unspecified atom stereocenters. The van der Waals surface area contributed by atoms with Gasteiger partial charge >= 0.3 is 5.97 Å². The van der Waals surface area contributed by atoms with Crippen molar-refractivity contribution in [3.63, 3.8) is 0 Å². The lowest BCUT2D eigenvalue weighted by atomic mass is 10.1. The molecule has 1 heterocycles. The fourth-order valence-electron chi connectivity index (χ4n) is 2.30. The van der Waals surface area contributed by atoms with Gasteiger partial charge in [-0.3, -0.25) is 19.3 Å². The monoisotopic (exact) mass is 246 g/mol. The number of amides is 2. The molecule has 1 aliphatic heterocycles. The highest BCUT2D eigenvalue weighted by molar-refractivity contribution is 6.22. The molecule has 0 spiro atoms. The van der Waals surface area contributed by atoms with E-state index in [0.29, 0.717) is 11.1 Å². The molecule has 2 amide bonds. The molecule has 1 fully saturated rings. The highest BCUT2D eigenvalue weighted by Gasteiger charge is 2.64. The minimum absolute atomic E-state index is 0.105. The summed E-state index contributed by atoms with van der Waals surface area (Å²) in [5, 5.41) is 8.96. The molecule has 0 radical (unpaired) electrons. The van der Waals surface area contributed by atoms with E-state index < -0.39 is 29.4 Å². The van der Waals surface area contributed by atoms with Crippen LogP contribution in [0, 0.1) is 0 Å². The molecule has 1 saturated carbocycles. The number of hydrogen-bond acceptors (Lipinski definition) is 4. The van der Waals surface area contributed by atoms with E-state index in [1.807, 2.05) is 0 Å². The van der Waals surface area contributed by atoms with Crippen molar-refractivity contribution in [2.75, 3.05) is 0 Å². The Hall–Kier alpha value is -2.21. The number of benzene rings is 1. The predicted octanol–water partition coefficient (Wildman–Crippen LogP) is -0.163. The third kappa shape index (κ3) is 1.18. The molecule has 3 N–H and O–H groups in total. The van der Waals surface area contributed by atoms with E-state index in [4.69, 9.17) is 10.8 Å². The van der Waals surface area contributed by atoms with Crippen molar-refractivity contribution in [2.45, 2.75) is 18.0 Å². The van der Waals surface area contributed by atoms with Crippen molar-refractivity contribution in [3.05, 3.63) is 35.4 Å². The maximum absolute atomic E-state index is 12.1. The van der Waals surface area contributed by atoms with Gasteiger partial charge in [-0.05, 0) is 12.1 Å². The van der Waals surface area contributed by atoms with Crippen LogP contribution in [0.2, 0.25) is 0 Å². The molecular weight excluding hydrogens is 236 g/mol. The van der Waals surface area contributed by atoms with Crippen LogP contribution in [-0.2, 0) is 4.79 Å². The van der Waals surface area contributed by atoms with Gasteiger partial charge in [0, 0.05) is 6.42 Å². The third-order valence-corrected chi connectivity index (χ3v) is 3.50. The number of nitrogens with two attached hydrogens (primary N) is 1. The highest BCUT2D eigenvalue weighted by atomic mass is 16.4.